The maximum absolute atomic E-state index is 5.50. The quantitative estimate of drug-likeness (QED) is 0.678. The van der Waals surface area contributed by atoms with Crippen molar-refractivity contribution < 1.29 is 0 Å². The summed E-state index contributed by atoms with van der Waals surface area (Å²) in [5.41, 5.74) is 2.09. The molecular weight excluding hydrogens is 326 g/mol. The molecule has 0 spiro atoms. The molecule has 0 aromatic carbocycles. The summed E-state index contributed by atoms with van der Waals surface area (Å²) in [4.78, 5) is 12.9. The van der Waals surface area contributed by atoms with Gasteiger partial charge in [0.25, 0.3) is 5.78 Å². The molecule has 0 N–H and O–H groups in total. The Morgan fingerprint density at radius 3 is 3.00 bits per heavy atom. The molecule has 0 amide bonds. The second-order valence-electron chi connectivity index (χ2n) is 6.07. The Kier molecular flexibility index (Phi) is 3.79. The number of hydrogen-bond donors (Lipinski definition) is 0. The van der Waals surface area contributed by atoms with Crippen LogP contribution in [0.3, 0.4) is 0 Å². The van der Waals surface area contributed by atoms with Crippen LogP contribution in [0.25, 0.3) is 5.78 Å². The summed E-state index contributed by atoms with van der Waals surface area (Å²) >= 11 is 7.33. The first-order valence-corrected chi connectivity index (χ1v) is 9.13. The lowest BCUT2D eigenvalue weighted by Crippen LogP contribution is -2.28. The van der Waals surface area contributed by atoms with E-state index in [0.29, 0.717) is 16.6 Å². The first kappa shape index (κ1) is 15.0. The third-order valence-electron chi connectivity index (χ3n) is 4.43. The SMILES string of the molecule is Cc1cc(C)n2c(n1)nc(=S)n2CN1CCCC1c1cccs1. The summed E-state index contributed by atoms with van der Waals surface area (Å²) in [6, 6.07) is 6.92. The Hall–Kier alpha value is -1.57. The summed E-state index contributed by atoms with van der Waals surface area (Å²) in [5, 5.41) is 2.16. The van der Waals surface area contributed by atoms with Gasteiger partial charge in [0, 0.05) is 28.9 Å². The van der Waals surface area contributed by atoms with E-state index in [1.165, 1.54) is 17.7 Å². The minimum absolute atomic E-state index is 0.487. The van der Waals surface area contributed by atoms with Crippen molar-refractivity contribution in [2.45, 2.75) is 39.4 Å². The predicted molar refractivity (Wildman–Crippen MR) is 94.3 cm³/mol. The Bertz CT molecular complexity index is 893. The molecule has 0 aliphatic carbocycles. The van der Waals surface area contributed by atoms with Crippen molar-refractivity contribution in [2.24, 2.45) is 0 Å². The van der Waals surface area contributed by atoms with Crippen LogP contribution in [0, 0.1) is 18.6 Å². The molecule has 0 bridgehead atoms. The number of aromatic nitrogens is 4. The van der Waals surface area contributed by atoms with Crippen molar-refractivity contribution in [2.75, 3.05) is 6.54 Å². The van der Waals surface area contributed by atoms with Gasteiger partial charge in [-0.25, -0.2) is 14.2 Å². The Labute approximate surface area is 144 Å². The second-order valence-corrected chi connectivity index (χ2v) is 7.42. The van der Waals surface area contributed by atoms with E-state index in [-0.39, 0.29) is 0 Å². The zero-order valence-electron chi connectivity index (χ0n) is 13.3. The topological polar surface area (TPSA) is 38.4 Å². The van der Waals surface area contributed by atoms with Gasteiger partial charge in [0.05, 0.1) is 6.67 Å². The largest absolute Gasteiger partial charge is 0.276 e. The molecule has 120 valence electrons. The predicted octanol–water partition coefficient (Wildman–Crippen LogP) is 3.73. The first-order chi connectivity index (χ1) is 11.1. The van der Waals surface area contributed by atoms with Crippen LogP contribution in [0.2, 0.25) is 0 Å². The molecule has 1 atom stereocenters. The molecule has 7 heteroatoms. The Morgan fingerprint density at radius 1 is 1.35 bits per heavy atom. The highest BCUT2D eigenvalue weighted by atomic mass is 32.1. The zero-order chi connectivity index (χ0) is 16.0. The fourth-order valence-corrected chi connectivity index (χ4v) is 4.57. The summed E-state index contributed by atoms with van der Waals surface area (Å²) in [6.45, 7) is 5.92. The number of thiophene rings is 1. The monoisotopic (exact) mass is 345 g/mol. The van der Waals surface area contributed by atoms with Gasteiger partial charge < -0.3 is 0 Å². The smallest absolute Gasteiger partial charge is 0.252 e. The summed E-state index contributed by atoms with van der Waals surface area (Å²) in [6.07, 6.45) is 2.43. The molecule has 3 aromatic heterocycles. The molecule has 23 heavy (non-hydrogen) atoms. The van der Waals surface area contributed by atoms with Gasteiger partial charge in [-0.15, -0.1) is 11.3 Å². The average molecular weight is 345 g/mol. The maximum atomic E-state index is 5.50. The maximum Gasteiger partial charge on any atom is 0.252 e. The molecule has 3 aromatic rings. The highest BCUT2D eigenvalue weighted by molar-refractivity contribution is 7.71. The van der Waals surface area contributed by atoms with Crippen molar-refractivity contribution in [3.05, 3.63) is 44.6 Å². The van der Waals surface area contributed by atoms with E-state index >= 15 is 0 Å². The highest BCUT2D eigenvalue weighted by Gasteiger charge is 2.27. The van der Waals surface area contributed by atoms with E-state index < -0.39 is 0 Å². The molecule has 5 nitrogen and oxygen atoms in total. The summed E-state index contributed by atoms with van der Waals surface area (Å²) < 4.78 is 4.71. The molecule has 0 radical (unpaired) electrons. The van der Waals surface area contributed by atoms with Crippen LogP contribution in [-0.2, 0) is 6.67 Å². The van der Waals surface area contributed by atoms with Gasteiger partial charge in [-0.2, -0.15) is 4.98 Å². The highest BCUT2D eigenvalue weighted by Crippen LogP contribution is 2.34. The molecule has 4 heterocycles. The second kappa shape index (κ2) is 5.81. The first-order valence-electron chi connectivity index (χ1n) is 7.85. The standard InChI is InChI=1S/C16H19N5S2/c1-11-9-12(2)21-15(17-11)18-16(22)20(21)10-19-7-3-5-13(19)14-6-4-8-23-14/h4,6,8-9,13H,3,5,7,10H2,1-2H3. The molecule has 1 saturated heterocycles. The third kappa shape index (κ3) is 2.62. The number of fused-ring (bicyclic) bond motifs is 1. The number of nitrogens with zero attached hydrogens (tertiary/aromatic N) is 5. The van der Waals surface area contributed by atoms with Gasteiger partial charge in [-0.3, -0.25) is 4.90 Å². The fourth-order valence-electron chi connectivity index (χ4n) is 3.45. The lowest BCUT2D eigenvalue weighted by molar-refractivity contribution is 0.187. The van der Waals surface area contributed by atoms with E-state index in [0.717, 1.165) is 24.6 Å². The van der Waals surface area contributed by atoms with Crippen LogP contribution < -0.4 is 0 Å². The summed E-state index contributed by atoms with van der Waals surface area (Å²) in [7, 11) is 0. The third-order valence-corrected chi connectivity index (χ3v) is 5.70. The Balaban J connectivity index is 1.73. The minimum Gasteiger partial charge on any atom is -0.276 e. The lowest BCUT2D eigenvalue weighted by Gasteiger charge is -2.24. The van der Waals surface area contributed by atoms with Crippen LogP contribution in [0.1, 0.15) is 35.1 Å². The van der Waals surface area contributed by atoms with E-state index in [9.17, 15) is 0 Å². The van der Waals surface area contributed by atoms with Crippen molar-refractivity contribution in [1.82, 2.24) is 24.1 Å². The number of likely N-dealkylation sites (tertiary alicyclic amines) is 1. The van der Waals surface area contributed by atoms with Gasteiger partial charge in [0.2, 0.25) is 4.77 Å². The zero-order valence-corrected chi connectivity index (χ0v) is 14.9. The van der Waals surface area contributed by atoms with E-state index in [4.69, 9.17) is 12.2 Å². The lowest BCUT2D eigenvalue weighted by atomic mass is 10.2. The van der Waals surface area contributed by atoms with Crippen molar-refractivity contribution >= 4 is 29.3 Å². The van der Waals surface area contributed by atoms with Crippen LogP contribution in [0.5, 0.6) is 0 Å². The number of aryl methyl sites for hydroxylation is 2. The van der Waals surface area contributed by atoms with Gasteiger partial charge in [0.1, 0.15) is 0 Å². The molecule has 1 aliphatic heterocycles. The van der Waals surface area contributed by atoms with Gasteiger partial charge in [-0.05, 0) is 56.4 Å². The van der Waals surface area contributed by atoms with Crippen LogP contribution in [-0.4, -0.2) is 30.6 Å². The number of hydrogen-bond acceptors (Lipinski definition) is 5. The van der Waals surface area contributed by atoms with E-state index in [1.807, 2.05) is 22.8 Å². The van der Waals surface area contributed by atoms with Gasteiger partial charge >= 0.3 is 0 Å². The van der Waals surface area contributed by atoms with E-state index in [1.54, 1.807) is 0 Å². The van der Waals surface area contributed by atoms with Crippen molar-refractivity contribution in [3.63, 3.8) is 0 Å². The van der Waals surface area contributed by atoms with E-state index in [2.05, 4.69) is 50.1 Å². The summed E-state index contributed by atoms with van der Waals surface area (Å²) in [5.74, 6) is 0.694. The van der Waals surface area contributed by atoms with Crippen LogP contribution in [0.15, 0.2) is 23.6 Å². The van der Waals surface area contributed by atoms with Crippen molar-refractivity contribution in [1.29, 1.82) is 0 Å². The molecule has 0 saturated carbocycles. The molecular formula is C16H19N5S2. The number of rotatable bonds is 3. The van der Waals surface area contributed by atoms with Crippen molar-refractivity contribution in [3.8, 4) is 0 Å². The van der Waals surface area contributed by atoms with Gasteiger partial charge in [-0.1, -0.05) is 6.07 Å². The molecule has 1 unspecified atom stereocenters. The van der Waals surface area contributed by atoms with Crippen LogP contribution in [0.4, 0.5) is 0 Å². The minimum atomic E-state index is 0.487. The molecule has 4 rings (SSSR count). The molecule has 1 aliphatic rings. The normalized spacial score (nSPS) is 19.0. The molecule has 1 fully saturated rings. The fraction of sp³-hybridized carbons (Fsp3) is 0.438. The average Bonchev–Trinajstić information content (AvgIpc) is 3.20. The van der Waals surface area contributed by atoms with Gasteiger partial charge in [0.15, 0.2) is 0 Å². The van der Waals surface area contributed by atoms with Crippen LogP contribution >= 0.6 is 23.6 Å². The Morgan fingerprint density at radius 2 is 2.22 bits per heavy atom.